The number of nitrogens with zero attached hydrogens (tertiary/aromatic N) is 2. The van der Waals surface area contributed by atoms with Gasteiger partial charge in [-0.1, -0.05) is 6.92 Å². The van der Waals surface area contributed by atoms with Crippen molar-refractivity contribution in [2.75, 3.05) is 18.4 Å². The Bertz CT molecular complexity index is 486. The molecular weight excluding hydrogens is 250 g/mol. The van der Waals surface area contributed by atoms with E-state index in [2.05, 4.69) is 10.3 Å². The van der Waals surface area contributed by atoms with E-state index in [1.165, 1.54) is 16.6 Å². The highest BCUT2D eigenvalue weighted by molar-refractivity contribution is 7.89. The molecule has 0 spiro atoms. The Morgan fingerprint density at radius 3 is 2.56 bits per heavy atom. The molecule has 0 bridgehead atoms. The van der Waals surface area contributed by atoms with Gasteiger partial charge in [-0.25, -0.2) is 13.4 Å². The van der Waals surface area contributed by atoms with Crippen LogP contribution in [0.15, 0.2) is 23.2 Å². The second-order valence-corrected chi connectivity index (χ2v) is 6.10. The number of rotatable bonds is 6. The molecule has 0 radical (unpaired) electrons. The first-order valence-corrected chi connectivity index (χ1v) is 7.59. The standard InChI is InChI=1S/C12H21N3O2S/c1-5-13-12-9-11(7-8-14-12)18(16,17)15(6-2)10(3)4/h7-10H,5-6H2,1-4H3,(H,13,14). The Kier molecular flexibility index (Phi) is 5.10. The fourth-order valence-electron chi connectivity index (χ4n) is 1.80. The largest absolute Gasteiger partial charge is 0.370 e. The molecule has 1 N–H and O–H groups in total. The van der Waals surface area contributed by atoms with Crippen molar-refractivity contribution >= 4 is 15.8 Å². The summed E-state index contributed by atoms with van der Waals surface area (Å²) < 4.78 is 26.3. The average molecular weight is 271 g/mol. The zero-order valence-corrected chi connectivity index (χ0v) is 12.2. The Balaban J connectivity index is 3.15. The van der Waals surface area contributed by atoms with Gasteiger partial charge in [-0.3, -0.25) is 0 Å². The minimum atomic E-state index is -3.44. The van der Waals surface area contributed by atoms with E-state index in [1.54, 1.807) is 6.07 Å². The highest BCUT2D eigenvalue weighted by atomic mass is 32.2. The molecule has 1 aromatic heterocycles. The lowest BCUT2D eigenvalue weighted by molar-refractivity contribution is 0.369. The fourth-order valence-corrected chi connectivity index (χ4v) is 3.46. The van der Waals surface area contributed by atoms with Crippen LogP contribution in [0.25, 0.3) is 0 Å². The van der Waals surface area contributed by atoms with Crippen molar-refractivity contribution in [2.45, 2.75) is 38.6 Å². The van der Waals surface area contributed by atoms with E-state index in [4.69, 9.17) is 0 Å². The molecule has 0 aromatic carbocycles. The van der Waals surface area contributed by atoms with Crippen molar-refractivity contribution in [3.05, 3.63) is 18.3 Å². The SMILES string of the molecule is CCNc1cc(S(=O)(=O)N(CC)C(C)C)ccn1. The van der Waals surface area contributed by atoms with E-state index < -0.39 is 10.0 Å². The zero-order valence-electron chi connectivity index (χ0n) is 11.3. The first kappa shape index (κ1) is 14.9. The Hall–Kier alpha value is -1.14. The summed E-state index contributed by atoms with van der Waals surface area (Å²) in [6.45, 7) is 8.68. The van der Waals surface area contributed by atoms with Gasteiger partial charge < -0.3 is 5.32 Å². The lowest BCUT2D eigenvalue weighted by Crippen LogP contribution is -2.36. The van der Waals surface area contributed by atoms with Gasteiger partial charge in [0.25, 0.3) is 0 Å². The van der Waals surface area contributed by atoms with E-state index in [0.717, 1.165) is 0 Å². The first-order valence-electron chi connectivity index (χ1n) is 6.15. The van der Waals surface area contributed by atoms with Crippen molar-refractivity contribution in [1.29, 1.82) is 0 Å². The van der Waals surface area contributed by atoms with Gasteiger partial charge in [-0.05, 0) is 26.8 Å². The minimum Gasteiger partial charge on any atom is -0.370 e. The van der Waals surface area contributed by atoms with Gasteiger partial charge in [0.1, 0.15) is 5.82 Å². The van der Waals surface area contributed by atoms with Crippen LogP contribution in [0, 0.1) is 0 Å². The molecule has 0 fully saturated rings. The van der Waals surface area contributed by atoms with Crippen LogP contribution in [-0.4, -0.2) is 36.8 Å². The molecule has 0 unspecified atom stereocenters. The highest BCUT2D eigenvalue weighted by Crippen LogP contribution is 2.19. The van der Waals surface area contributed by atoms with Crippen LogP contribution in [0.2, 0.25) is 0 Å². The Morgan fingerprint density at radius 1 is 1.39 bits per heavy atom. The van der Waals surface area contributed by atoms with Gasteiger partial charge in [-0.15, -0.1) is 0 Å². The van der Waals surface area contributed by atoms with E-state index >= 15 is 0 Å². The second kappa shape index (κ2) is 6.15. The van der Waals surface area contributed by atoms with Crippen LogP contribution in [0.3, 0.4) is 0 Å². The summed E-state index contributed by atoms with van der Waals surface area (Å²) in [5.41, 5.74) is 0. The molecule has 0 aliphatic heterocycles. The van der Waals surface area contributed by atoms with Gasteiger partial charge in [0.2, 0.25) is 10.0 Å². The maximum absolute atomic E-state index is 12.4. The second-order valence-electron chi connectivity index (χ2n) is 4.21. The lowest BCUT2D eigenvalue weighted by Gasteiger charge is -2.24. The molecule has 102 valence electrons. The van der Waals surface area contributed by atoms with Crippen LogP contribution in [0.1, 0.15) is 27.7 Å². The van der Waals surface area contributed by atoms with Crippen molar-refractivity contribution in [3.63, 3.8) is 0 Å². The predicted octanol–water partition coefficient (Wildman–Crippen LogP) is 1.93. The van der Waals surface area contributed by atoms with Crippen LogP contribution in [-0.2, 0) is 10.0 Å². The molecule has 0 saturated carbocycles. The predicted molar refractivity (Wildman–Crippen MR) is 73.1 cm³/mol. The quantitative estimate of drug-likeness (QED) is 0.859. The Labute approximate surface area is 109 Å². The molecule has 0 aliphatic rings. The Morgan fingerprint density at radius 2 is 2.06 bits per heavy atom. The van der Waals surface area contributed by atoms with Crippen molar-refractivity contribution in [2.24, 2.45) is 0 Å². The summed E-state index contributed by atoms with van der Waals surface area (Å²) >= 11 is 0. The third kappa shape index (κ3) is 3.20. The smallest absolute Gasteiger partial charge is 0.243 e. The van der Waals surface area contributed by atoms with Crippen LogP contribution >= 0.6 is 0 Å². The van der Waals surface area contributed by atoms with Gasteiger partial charge in [0, 0.05) is 31.4 Å². The molecule has 0 aliphatic carbocycles. The highest BCUT2D eigenvalue weighted by Gasteiger charge is 2.25. The van der Waals surface area contributed by atoms with Gasteiger partial charge in [0.05, 0.1) is 4.90 Å². The van der Waals surface area contributed by atoms with Crippen molar-refractivity contribution in [1.82, 2.24) is 9.29 Å². The van der Waals surface area contributed by atoms with Crippen molar-refractivity contribution < 1.29 is 8.42 Å². The number of sulfonamides is 1. The first-order chi connectivity index (χ1) is 8.43. The summed E-state index contributed by atoms with van der Waals surface area (Å²) in [5.74, 6) is 0.582. The van der Waals surface area contributed by atoms with Gasteiger partial charge >= 0.3 is 0 Å². The summed E-state index contributed by atoms with van der Waals surface area (Å²) in [7, 11) is -3.44. The zero-order chi connectivity index (χ0) is 13.8. The summed E-state index contributed by atoms with van der Waals surface area (Å²) in [6.07, 6.45) is 1.51. The molecule has 1 rings (SSSR count). The van der Waals surface area contributed by atoms with Gasteiger partial charge in [-0.2, -0.15) is 4.31 Å². The molecule has 0 saturated heterocycles. The van der Waals surface area contributed by atoms with Crippen LogP contribution in [0.4, 0.5) is 5.82 Å². The summed E-state index contributed by atoms with van der Waals surface area (Å²) in [5, 5.41) is 3.01. The van der Waals surface area contributed by atoms with E-state index in [0.29, 0.717) is 18.9 Å². The molecular formula is C12H21N3O2S. The van der Waals surface area contributed by atoms with Crippen LogP contribution < -0.4 is 5.32 Å². The third-order valence-electron chi connectivity index (χ3n) is 2.58. The molecule has 0 amide bonds. The molecule has 5 nitrogen and oxygen atoms in total. The fraction of sp³-hybridized carbons (Fsp3) is 0.583. The molecule has 18 heavy (non-hydrogen) atoms. The lowest BCUT2D eigenvalue weighted by atomic mass is 10.4. The molecule has 1 heterocycles. The van der Waals surface area contributed by atoms with Gasteiger partial charge in [0.15, 0.2) is 0 Å². The number of hydrogen-bond acceptors (Lipinski definition) is 4. The molecule has 0 atom stereocenters. The minimum absolute atomic E-state index is 0.0595. The normalized spacial score (nSPS) is 12.1. The maximum atomic E-state index is 12.4. The maximum Gasteiger partial charge on any atom is 0.243 e. The number of pyridine rings is 1. The number of hydrogen-bond donors (Lipinski definition) is 1. The topological polar surface area (TPSA) is 62.3 Å². The number of anilines is 1. The van der Waals surface area contributed by atoms with E-state index in [1.807, 2.05) is 27.7 Å². The molecule has 6 heteroatoms. The van der Waals surface area contributed by atoms with E-state index in [9.17, 15) is 8.42 Å². The third-order valence-corrected chi connectivity index (χ3v) is 4.73. The average Bonchev–Trinajstić information content (AvgIpc) is 2.29. The van der Waals surface area contributed by atoms with E-state index in [-0.39, 0.29) is 10.9 Å². The monoisotopic (exact) mass is 271 g/mol. The molecule has 1 aromatic rings. The van der Waals surface area contributed by atoms with Crippen molar-refractivity contribution in [3.8, 4) is 0 Å². The number of aromatic nitrogens is 1. The van der Waals surface area contributed by atoms with Crippen LogP contribution in [0.5, 0.6) is 0 Å². The summed E-state index contributed by atoms with van der Waals surface area (Å²) in [4.78, 5) is 4.36. The summed E-state index contributed by atoms with van der Waals surface area (Å²) in [6, 6.07) is 3.04. The number of nitrogens with one attached hydrogen (secondary N) is 1.